The highest BCUT2D eigenvalue weighted by molar-refractivity contribution is 6.32. The molecular formula is C12H11ClN2O. The van der Waals surface area contributed by atoms with Gasteiger partial charge in [0.05, 0.1) is 35.8 Å². The summed E-state index contributed by atoms with van der Waals surface area (Å²) in [7, 11) is 0. The van der Waals surface area contributed by atoms with E-state index in [0.29, 0.717) is 11.6 Å². The molecule has 0 amide bonds. The molecular weight excluding hydrogens is 224 g/mol. The fourth-order valence-corrected chi connectivity index (χ4v) is 2.17. The zero-order valence-electron chi connectivity index (χ0n) is 8.69. The monoisotopic (exact) mass is 234 g/mol. The second-order valence-electron chi connectivity index (χ2n) is 3.78. The maximum atomic E-state index is 6.16. The molecule has 0 radical (unpaired) electrons. The normalized spacial score (nSPS) is 14.8. The zero-order chi connectivity index (χ0) is 11.0. The van der Waals surface area contributed by atoms with Gasteiger partial charge in [0.1, 0.15) is 0 Å². The second-order valence-corrected chi connectivity index (χ2v) is 4.19. The van der Waals surface area contributed by atoms with Crippen molar-refractivity contribution < 1.29 is 4.74 Å². The maximum Gasteiger partial charge on any atom is 0.0892 e. The first-order chi connectivity index (χ1) is 7.86. The molecule has 0 saturated carbocycles. The van der Waals surface area contributed by atoms with Gasteiger partial charge in [-0.25, -0.2) is 4.68 Å². The Morgan fingerprint density at radius 2 is 2.19 bits per heavy atom. The molecule has 2 heterocycles. The molecule has 0 aliphatic carbocycles. The first-order valence-electron chi connectivity index (χ1n) is 5.24. The Labute approximate surface area is 98.6 Å². The highest BCUT2D eigenvalue weighted by atomic mass is 35.5. The quantitative estimate of drug-likeness (QED) is 0.759. The summed E-state index contributed by atoms with van der Waals surface area (Å²) in [6, 6.07) is 7.70. The van der Waals surface area contributed by atoms with Crippen LogP contribution in [0.1, 0.15) is 11.3 Å². The molecule has 1 aliphatic rings. The summed E-state index contributed by atoms with van der Waals surface area (Å²) in [5, 5.41) is 5.09. The molecule has 0 fully saturated rings. The Balaban J connectivity index is 2.13. The van der Waals surface area contributed by atoms with E-state index >= 15 is 0 Å². The van der Waals surface area contributed by atoms with Gasteiger partial charge >= 0.3 is 0 Å². The average Bonchev–Trinajstić information content (AvgIpc) is 2.74. The Hall–Kier alpha value is -1.32. The van der Waals surface area contributed by atoms with Crippen LogP contribution in [0.15, 0.2) is 30.5 Å². The lowest BCUT2D eigenvalue weighted by Crippen LogP contribution is -2.12. The van der Waals surface area contributed by atoms with Gasteiger partial charge in [-0.1, -0.05) is 23.7 Å². The van der Waals surface area contributed by atoms with Crippen molar-refractivity contribution in [3.8, 4) is 5.69 Å². The number of fused-ring (bicyclic) bond motifs is 1. The molecule has 1 aromatic heterocycles. The van der Waals surface area contributed by atoms with E-state index in [0.717, 1.165) is 24.4 Å². The number of halogens is 1. The Morgan fingerprint density at radius 3 is 3.06 bits per heavy atom. The summed E-state index contributed by atoms with van der Waals surface area (Å²) in [4.78, 5) is 0. The van der Waals surface area contributed by atoms with Crippen LogP contribution in [0.3, 0.4) is 0 Å². The predicted octanol–water partition coefficient (Wildman–Crippen LogP) is 2.60. The van der Waals surface area contributed by atoms with Crippen LogP contribution >= 0.6 is 11.6 Å². The molecule has 2 aromatic rings. The molecule has 1 aliphatic heterocycles. The van der Waals surface area contributed by atoms with E-state index in [1.165, 1.54) is 5.56 Å². The Bertz CT molecular complexity index is 521. The summed E-state index contributed by atoms with van der Waals surface area (Å²) in [6.45, 7) is 1.39. The topological polar surface area (TPSA) is 27.1 Å². The molecule has 0 N–H and O–H groups in total. The molecule has 3 nitrogen and oxygen atoms in total. The third-order valence-electron chi connectivity index (χ3n) is 2.79. The SMILES string of the molecule is Clc1ccccc1-n1ncc2c1COCC2. The summed E-state index contributed by atoms with van der Waals surface area (Å²) in [5.74, 6) is 0. The van der Waals surface area contributed by atoms with Gasteiger partial charge in [0, 0.05) is 0 Å². The van der Waals surface area contributed by atoms with Gasteiger partial charge in [-0.15, -0.1) is 0 Å². The Morgan fingerprint density at radius 1 is 1.31 bits per heavy atom. The van der Waals surface area contributed by atoms with Crippen molar-refractivity contribution in [2.45, 2.75) is 13.0 Å². The van der Waals surface area contributed by atoms with Crippen molar-refractivity contribution in [3.05, 3.63) is 46.7 Å². The number of ether oxygens (including phenoxy) is 1. The van der Waals surface area contributed by atoms with Crippen LogP contribution in [0.5, 0.6) is 0 Å². The number of hydrogen-bond acceptors (Lipinski definition) is 2. The molecule has 16 heavy (non-hydrogen) atoms. The van der Waals surface area contributed by atoms with Crippen LogP contribution in [-0.4, -0.2) is 16.4 Å². The molecule has 3 rings (SSSR count). The summed E-state index contributed by atoms with van der Waals surface area (Å²) in [6.07, 6.45) is 2.83. The van der Waals surface area contributed by atoms with Crippen LogP contribution in [-0.2, 0) is 17.8 Å². The summed E-state index contributed by atoms with van der Waals surface area (Å²) >= 11 is 6.16. The van der Waals surface area contributed by atoms with E-state index in [1.807, 2.05) is 35.1 Å². The van der Waals surface area contributed by atoms with E-state index in [1.54, 1.807) is 0 Å². The second kappa shape index (κ2) is 3.92. The van der Waals surface area contributed by atoms with E-state index in [-0.39, 0.29) is 0 Å². The minimum atomic E-state index is 0.612. The lowest BCUT2D eigenvalue weighted by molar-refractivity contribution is 0.106. The number of aromatic nitrogens is 2. The number of para-hydroxylation sites is 1. The summed E-state index contributed by atoms with van der Waals surface area (Å²) in [5.41, 5.74) is 3.28. The van der Waals surface area contributed by atoms with Gasteiger partial charge < -0.3 is 4.74 Å². The zero-order valence-corrected chi connectivity index (χ0v) is 9.44. The minimum absolute atomic E-state index is 0.612. The van der Waals surface area contributed by atoms with Crippen molar-refractivity contribution in [2.75, 3.05) is 6.61 Å². The van der Waals surface area contributed by atoms with Crippen LogP contribution in [0.2, 0.25) is 5.02 Å². The lowest BCUT2D eigenvalue weighted by Gasteiger charge is -2.15. The molecule has 0 spiro atoms. The third kappa shape index (κ3) is 1.52. The van der Waals surface area contributed by atoms with Gasteiger partial charge in [0.2, 0.25) is 0 Å². The third-order valence-corrected chi connectivity index (χ3v) is 3.11. The van der Waals surface area contributed by atoms with Gasteiger partial charge in [-0.2, -0.15) is 5.10 Å². The molecule has 0 bridgehead atoms. The Kier molecular flexibility index (Phi) is 2.42. The first-order valence-corrected chi connectivity index (χ1v) is 5.62. The molecule has 0 saturated heterocycles. The fraction of sp³-hybridized carbons (Fsp3) is 0.250. The number of benzene rings is 1. The highest BCUT2D eigenvalue weighted by Gasteiger charge is 2.17. The minimum Gasteiger partial charge on any atom is -0.375 e. The molecule has 82 valence electrons. The number of rotatable bonds is 1. The van der Waals surface area contributed by atoms with E-state index in [2.05, 4.69) is 5.10 Å². The van der Waals surface area contributed by atoms with Crippen LogP contribution in [0, 0.1) is 0 Å². The van der Waals surface area contributed by atoms with E-state index in [9.17, 15) is 0 Å². The lowest BCUT2D eigenvalue weighted by atomic mass is 10.1. The van der Waals surface area contributed by atoms with Gasteiger partial charge in [-0.3, -0.25) is 0 Å². The van der Waals surface area contributed by atoms with Crippen molar-refractivity contribution in [1.82, 2.24) is 9.78 Å². The first kappa shape index (κ1) is 9.87. The van der Waals surface area contributed by atoms with Gasteiger partial charge in [0.25, 0.3) is 0 Å². The highest BCUT2D eigenvalue weighted by Crippen LogP contribution is 2.24. The standard InChI is InChI=1S/C12H11ClN2O/c13-10-3-1-2-4-11(10)15-12-8-16-6-5-9(12)7-14-15/h1-4,7H,5-6,8H2. The van der Waals surface area contributed by atoms with Crippen molar-refractivity contribution in [2.24, 2.45) is 0 Å². The van der Waals surface area contributed by atoms with Crippen LogP contribution < -0.4 is 0 Å². The van der Waals surface area contributed by atoms with E-state index in [4.69, 9.17) is 16.3 Å². The average molecular weight is 235 g/mol. The van der Waals surface area contributed by atoms with E-state index < -0.39 is 0 Å². The number of hydrogen-bond donors (Lipinski definition) is 0. The van der Waals surface area contributed by atoms with Crippen molar-refractivity contribution >= 4 is 11.6 Å². The predicted molar refractivity (Wildman–Crippen MR) is 61.9 cm³/mol. The summed E-state index contributed by atoms with van der Waals surface area (Å²) < 4.78 is 7.32. The maximum absolute atomic E-state index is 6.16. The van der Waals surface area contributed by atoms with Gasteiger partial charge in [0.15, 0.2) is 0 Å². The fourth-order valence-electron chi connectivity index (χ4n) is 1.95. The van der Waals surface area contributed by atoms with Crippen LogP contribution in [0.25, 0.3) is 5.69 Å². The molecule has 0 atom stereocenters. The van der Waals surface area contributed by atoms with Crippen molar-refractivity contribution in [1.29, 1.82) is 0 Å². The molecule has 4 heteroatoms. The van der Waals surface area contributed by atoms with Crippen LogP contribution in [0.4, 0.5) is 0 Å². The van der Waals surface area contributed by atoms with Gasteiger partial charge in [-0.05, 0) is 24.1 Å². The molecule has 1 aromatic carbocycles. The largest absolute Gasteiger partial charge is 0.375 e. The molecule has 0 unspecified atom stereocenters. The smallest absolute Gasteiger partial charge is 0.0892 e. The number of nitrogens with zero attached hydrogens (tertiary/aromatic N) is 2. The van der Waals surface area contributed by atoms with Crippen molar-refractivity contribution in [3.63, 3.8) is 0 Å².